The molecule has 0 saturated carbocycles. The number of rotatable bonds is 8. The maximum atomic E-state index is 7.02. The molecule has 0 fully saturated rings. The van der Waals surface area contributed by atoms with E-state index >= 15 is 0 Å². The average molecular weight is 955 g/mol. The van der Waals surface area contributed by atoms with Crippen LogP contribution in [0, 0.1) is 0 Å². The molecule has 0 saturated heterocycles. The highest BCUT2D eigenvalue weighted by Crippen LogP contribution is 2.49. The third-order valence-electron chi connectivity index (χ3n) is 15.3. The van der Waals surface area contributed by atoms with Gasteiger partial charge in [0.1, 0.15) is 11.2 Å². The molecule has 0 atom stereocenters. The van der Waals surface area contributed by atoms with Crippen LogP contribution in [0.4, 0.5) is 17.1 Å². The van der Waals surface area contributed by atoms with Gasteiger partial charge in [0, 0.05) is 38.5 Å². The molecule has 0 aliphatic heterocycles. The predicted octanol–water partition coefficient (Wildman–Crippen LogP) is 20.3. The fourth-order valence-electron chi connectivity index (χ4n) is 11.9. The highest BCUT2D eigenvalue weighted by atomic mass is 16.3. The Morgan fingerprint density at radius 2 is 0.880 bits per heavy atom. The van der Waals surface area contributed by atoms with Gasteiger partial charge in [-0.3, -0.25) is 0 Å². The number of aromatic nitrogens is 1. The van der Waals surface area contributed by atoms with E-state index in [1.54, 1.807) is 0 Å². The summed E-state index contributed by atoms with van der Waals surface area (Å²) < 4.78 is 9.46. The summed E-state index contributed by atoms with van der Waals surface area (Å²) >= 11 is 0. The van der Waals surface area contributed by atoms with Crippen molar-refractivity contribution in [1.82, 2.24) is 4.57 Å². The van der Waals surface area contributed by atoms with Crippen molar-refractivity contribution < 1.29 is 4.42 Å². The van der Waals surface area contributed by atoms with Gasteiger partial charge in [-0.2, -0.15) is 0 Å². The van der Waals surface area contributed by atoms with Crippen LogP contribution >= 0.6 is 0 Å². The van der Waals surface area contributed by atoms with Crippen LogP contribution in [0.25, 0.3) is 126 Å². The summed E-state index contributed by atoms with van der Waals surface area (Å²) in [6, 6.07) is 101. The molecular weight excluding hydrogens is 909 g/mol. The zero-order valence-corrected chi connectivity index (χ0v) is 40.9. The van der Waals surface area contributed by atoms with Crippen molar-refractivity contribution in [3.05, 3.63) is 279 Å². The molecule has 0 aliphatic carbocycles. The second-order valence-corrected chi connectivity index (χ2v) is 19.6. The van der Waals surface area contributed by atoms with Crippen molar-refractivity contribution >= 4 is 93.1 Å². The molecule has 13 aromatic carbocycles. The van der Waals surface area contributed by atoms with Crippen molar-refractivity contribution in [3.63, 3.8) is 0 Å². The number of fused-ring (bicyclic) bond motifs is 9. The van der Waals surface area contributed by atoms with Crippen LogP contribution in [0.5, 0.6) is 0 Å². The Morgan fingerprint density at radius 1 is 0.293 bits per heavy atom. The van der Waals surface area contributed by atoms with Gasteiger partial charge in [0.15, 0.2) is 0 Å². The molecule has 0 spiro atoms. The highest BCUT2D eigenvalue weighted by Gasteiger charge is 2.24. The minimum absolute atomic E-state index is 0.853. The molecule has 2 heterocycles. The first kappa shape index (κ1) is 42.7. The van der Waals surface area contributed by atoms with E-state index in [1.807, 2.05) is 0 Å². The van der Waals surface area contributed by atoms with Crippen molar-refractivity contribution in [2.75, 3.05) is 4.90 Å². The topological polar surface area (TPSA) is 21.3 Å². The standard InChI is InChI=1S/C72H46N2O/c1-2-19-51-45-54(37-36-47(51)16-1)53-23-11-22-52(44-53)48-38-40-56(41-39-48)73(68-43-42-62(61-31-13-20-49-17-3-5-26-58(49)61)72-71(68)64-29-8-10-35-69(64)75-72)57-25-12-24-55(46-57)60-30-15-34-67-70(60)63-28-7-9-32-66(63)74(67)65-33-14-21-50-18-4-6-27-59(50)65/h1-46H. The van der Waals surface area contributed by atoms with Crippen LogP contribution in [-0.2, 0) is 0 Å². The summed E-state index contributed by atoms with van der Waals surface area (Å²) in [6.45, 7) is 0. The average Bonchev–Trinajstić information content (AvgIpc) is 4.08. The quantitative estimate of drug-likeness (QED) is 0.151. The second kappa shape index (κ2) is 17.4. The van der Waals surface area contributed by atoms with Gasteiger partial charge in [-0.15, -0.1) is 0 Å². The fourth-order valence-corrected chi connectivity index (χ4v) is 11.9. The van der Waals surface area contributed by atoms with E-state index in [2.05, 4.69) is 289 Å². The van der Waals surface area contributed by atoms with Gasteiger partial charge in [-0.1, -0.05) is 206 Å². The second-order valence-electron chi connectivity index (χ2n) is 19.6. The number of hydrogen-bond donors (Lipinski definition) is 0. The molecule has 350 valence electrons. The normalized spacial score (nSPS) is 11.7. The van der Waals surface area contributed by atoms with E-state index in [9.17, 15) is 0 Å². The van der Waals surface area contributed by atoms with Gasteiger partial charge in [-0.25, -0.2) is 0 Å². The van der Waals surface area contributed by atoms with Gasteiger partial charge >= 0.3 is 0 Å². The Bertz CT molecular complexity index is 4720. The summed E-state index contributed by atoms with van der Waals surface area (Å²) in [4.78, 5) is 2.43. The zero-order chi connectivity index (χ0) is 49.4. The van der Waals surface area contributed by atoms with Crippen molar-refractivity contribution in [2.24, 2.45) is 0 Å². The summed E-state index contributed by atoms with van der Waals surface area (Å²) in [6.07, 6.45) is 0. The molecule has 2 aromatic heterocycles. The minimum Gasteiger partial charge on any atom is -0.455 e. The van der Waals surface area contributed by atoms with E-state index in [1.165, 1.54) is 82.1 Å². The molecule has 15 aromatic rings. The number of furan rings is 1. The van der Waals surface area contributed by atoms with E-state index in [-0.39, 0.29) is 0 Å². The first-order valence-corrected chi connectivity index (χ1v) is 25.7. The van der Waals surface area contributed by atoms with Crippen LogP contribution in [0.15, 0.2) is 283 Å². The third kappa shape index (κ3) is 7.05. The lowest BCUT2D eigenvalue weighted by molar-refractivity contribution is 0.670. The van der Waals surface area contributed by atoms with Gasteiger partial charge in [0.05, 0.1) is 27.8 Å². The Labute approximate surface area is 434 Å². The summed E-state index contributed by atoms with van der Waals surface area (Å²) in [5.74, 6) is 0. The van der Waals surface area contributed by atoms with Crippen LogP contribution in [0.1, 0.15) is 0 Å². The van der Waals surface area contributed by atoms with Crippen LogP contribution in [0.2, 0.25) is 0 Å². The molecule has 0 N–H and O–H groups in total. The summed E-state index contributed by atoms with van der Waals surface area (Å²) in [5, 5.41) is 11.9. The number of nitrogens with zero attached hydrogens (tertiary/aromatic N) is 2. The van der Waals surface area contributed by atoms with E-state index in [0.29, 0.717) is 0 Å². The van der Waals surface area contributed by atoms with Crippen LogP contribution in [-0.4, -0.2) is 4.57 Å². The largest absolute Gasteiger partial charge is 0.455 e. The molecule has 0 unspecified atom stereocenters. The van der Waals surface area contributed by atoms with Crippen LogP contribution in [0.3, 0.4) is 0 Å². The van der Waals surface area contributed by atoms with Crippen molar-refractivity contribution in [1.29, 1.82) is 0 Å². The smallest absolute Gasteiger partial charge is 0.145 e. The monoisotopic (exact) mass is 954 g/mol. The number of anilines is 3. The Kier molecular flexibility index (Phi) is 9.89. The van der Waals surface area contributed by atoms with E-state index in [0.717, 1.165) is 61.3 Å². The van der Waals surface area contributed by atoms with Gasteiger partial charge in [0.25, 0.3) is 0 Å². The lowest BCUT2D eigenvalue weighted by atomic mass is 9.95. The Balaban J connectivity index is 0.926. The maximum Gasteiger partial charge on any atom is 0.145 e. The first-order valence-electron chi connectivity index (χ1n) is 25.7. The van der Waals surface area contributed by atoms with E-state index in [4.69, 9.17) is 4.42 Å². The first-order chi connectivity index (χ1) is 37.2. The summed E-state index contributed by atoms with van der Waals surface area (Å²) in [7, 11) is 0. The lowest BCUT2D eigenvalue weighted by Crippen LogP contribution is -2.10. The van der Waals surface area contributed by atoms with Crippen molar-refractivity contribution in [3.8, 4) is 50.2 Å². The molecule has 0 radical (unpaired) electrons. The molecule has 3 heteroatoms. The maximum absolute atomic E-state index is 7.02. The third-order valence-corrected chi connectivity index (χ3v) is 15.3. The number of para-hydroxylation sites is 2. The van der Waals surface area contributed by atoms with Crippen molar-refractivity contribution in [2.45, 2.75) is 0 Å². The van der Waals surface area contributed by atoms with Gasteiger partial charge in [0.2, 0.25) is 0 Å². The highest BCUT2D eigenvalue weighted by molar-refractivity contribution is 6.19. The molecule has 75 heavy (non-hydrogen) atoms. The lowest BCUT2D eigenvalue weighted by Gasteiger charge is -2.27. The minimum atomic E-state index is 0.853. The molecular formula is C72H46N2O. The summed E-state index contributed by atoms with van der Waals surface area (Å²) in [5.41, 5.74) is 17.6. The molecule has 3 nitrogen and oxygen atoms in total. The zero-order valence-electron chi connectivity index (χ0n) is 40.9. The number of benzene rings is 13. The SMILES string of the molecule is c1cc(-c2ccc(N(c3cccc(-c4cccc5c4c4ccccc4n5-c4cccc5ccccc45)c3)c3ccc(-c4cccc5ccccc45)c4oc5ccccc5c34)cc2)cc(-c2ccc3ccccc3c2)c1. The predicted molar refractivity (Wildman–Crippen MR) is 317 cm³/mol. The van der Waals surface area contributed by atoms with Gasteiger partial charge < -0.3 is 13.9 Å². The fraction of sp³-hybridized carbons (Fsp3) is 0. The Morgan fingerprint density at radius 3 is 1.73 bits per heavy atom. The molecule has 0 amide bonds. The molecule has 15 rings (SSSR count). The Hall–Kier alpha value is -9.96. The van der Waals surface area contributed by atoms with E-state index < -0.39 is 0 Å². The van der Waals surface area contributed by atoms with Crippen LogP contribution < -0.4 is 4.90 Å². The number of hydrogen-bond acceptors (Lipinski definition) is 2. The van der Waals surface area contributed by atoms with Gasteiger partial charge in [-0.05, 0) is 139 Å². The molecule has 0 bridgehead atoms. The molecule has 0 aliphatic rings.